The van der Waals surface area contributed by atoms with E-state index >= 15 is 0 Å². The molecular formula is C12H15Cl2NO. The van der Waals surface area contributed by atoms with Crippen LogP contribution >= 0.6 is 23.2 Å². The van der Waals surface area contributed by atoms with Gasteiger partial charge in [-0.3, -0.25) is 0 Å². The fourth-order valence-corrected chi connectivity index (χ4v) is 2.18. The molecule has 1 fully saturated rings. The van der Waals surface area contributed by atoms with Crippen LogP contribution in [0.4, 0.5) is 0 Å². The third kappa shape index (κ3) is 3.03. The van der Waals surface area contributed by atoms with Crippen molar-refractivity contribution < 1.29 is 4.74 Å². The van der Waals surface area contributed by atoms with Gasteiger partial charge in [-0.05, 0) is 37.3 Å². The van der Waals surface area contributed by atoms with Crippen LogP contribution in [-0.4, -0.2) is 12.6 Å². The predicted molar refractivity (Wildman–Crippen MR) is 67.3 cm³/mol. The highest BCUT2D eigenvalue weighted by molar-refractivity contribution is 6.37. The molecule has 1 aromatic carbocycles. The second-order valence-corrected chi connectivity index (χ2v) is 5.00. The van der Waals surface area contributed by atoms with E-state index in [1.54, 1.807) is 18.2 Å². The molecule has 0 aromatic heterocycles. The number of hydrogen-bond acceptors (Lipinski definition) is 2. The summed E-state index contributed by atoms with van der Waals surface area (Å²) in [5.41, 5.74) is 5.97. The first-order chi connectivity index (χ1) is 7.68. The molecule has 2 rings (SSSR count). The van der Waals surface area contributed by atoms with Gasteiger partial charge in [-0.1, -0.05) is 29.3 Å². The summed E-state index contributed by atoms with van der Waals surface area (Å²) in [6.07, 6.45) is 3.37. The predicted octanol–water partition coefficient (Wildman–Crippen LogP) is 3.50. The lowest BCUT2D eigenvalue weighted by Crippen LogP contribution is -2.24. The van der Waals surface area contributed by atoms with Crippen LogP contribution in [0.2, 0.25) is 10.0 Å². The third-order valence-electron chi connectivity index (χ3n) is 2.84. The number of halogens is 2. The first-order valence-corrected chi connectivity index (χ1v) is 6.26. The van der Waals surface area contributed by atoms with Crippen LogP contribution in [0.3, 0.4) is 0 Å². The van der Waals surface area contributed by atoms with Crippen molar-refractivity contribution in [2.75, 3.05) is 6.61 Å². The van der Waals surface area contributed by atoms with Crippen molar-refractivity contribution in [1.29, 1.82) is 0 Å². The molecule has 1 aromatic rings. The summed E-state index contributed by atoms with van der Waals surface area (Å²) in [5, 5.41) is 1.10. The molecule has 0 aliphatic heterocycles. The van der Waals surface area contributed by atoms with Gasteiger partial charge in [0, 0.05) is 6.04 Å². The monoisotopic (exact) mass is 259 g/mol. The number of rotatable bonds is 5. The molecule has 0 heterocycles. The minimum absolute atomic E-state index is 0.251. The molecular weight excluding hydrogens is 245 g/mol. The largest absolute Gasteiger partial charge is 0.490 e. The van der Waals surface area contributed by atoms with Gasteiger partial charge in [0.2, 0.25) is 0 Å². The standard InChI is InChI=1S/C12H15Cl2NO/c13-9-2-1-3-10(14)12(9)16-7-6-11(15)8-4-5-8/h1-3,8,11H,4-7,15H2. The van der Waals surface area contributed by atoms with E-state index in [1.807, 2.05) is 0 Å². The first kappa shape index (κ1) is 12.0. The van der Waals surface area contributed by atoms with E-state index in [0.717, 1.165) is 6.42 Å². The fraction of sp³-hybridized carbons (Fsp3) is 0.500. The lowest BCUT2D eigenvalue weighted by molar-refractivity contribution is 0.292. The van der Waals surface area contributed by atoms with Gasteiger partial charge in [-0.15, -0.1) is 0 Å². The van der Waals surface area contributed by atoms with Crippen LogP contribution in [0.1, 0.15) is 19.3 Å². The molecule has 0 saturated heterocycles. The molecule has 1 aliphatic rings. The highest BCUT2D eigenvalue weighted by Gasteiger charge is 2.28. The normalized spacial score (nSPS) is 17.2. The van der Waals surface area contributed by atoms with Gasteiger partial charge in [-0.2, -0.15) is 0 Å². The Morgan fingerprint density at radius 3 is 2.50 bits per heavy atom. The molecule has 1 atom stereocenters. The van der Waals surface area contributed by atoms with Crippen LogP contribution < -0.4 is 10.5 Å². The van der Waals surface area contributed by atoms with Crippen molar-refractivity contribution in [1.82, 2.24) is 0 Å². The Labute approximate surface area is 106 Å². The van der Waals surface area contributed by atoms with Gasteiger partial charge < -0.3 is 10.5 Å². The molecule has 2 nitrogen and oxygen atoms in total. The highest BCUT2D eigenvalue weighted by Crippen LogP contribution is 2.34. The Morgan fingerprint density at radius 1 is 1.31 bits per heavy atom. The van der Waals surface area contributed by atoms with Crippen molar-refractivity contribution in [3.63, 3.8) is 0 Å². The molecule has 0 spiro atoms. The maximum Gasteiger partial charge on any atom is 0.156 e. The summed E-state index contributed by atoms with van der Waals surface area (Å²) in [6, 6.07) is 5.59. The molecule has 1 unspecified atom stereocenters. The molecule has 0 amide bonds. The van der Waals surface area contributed by atoms with Crippen LogP contribution in [-0.2, 0) is 0 Å². The minimum atomic E-state index is 0.251. The Balaban J connectivity index is 1.84. The molecule has 0 bridgehead atoms. The van der Waals surface area contributed by atoms with E-state index in [-0.39, 0.29) is 6.04 Å². The van der Waals surface area contributed by atoms with Crippen LogP contribution in [0.5, 0.6) is 5.75 Å². The topological polar surface area (TPSA) is 35.2 Å². The molecule has 1 aliphatic carbocycles. The minimum Gasteiger partial charge on any atom is -0.490 e. The molecule has 1 saturated carbocycles. The molecule has 2 N–H and O–H groups in total. The van der Waals surface area contributed by atoms with Crippen molar-refractivity contribution in [3.05, 3.63) is 28.2 Å². The average Bonchev–Trinajstić information content (AvgIpc) is 3.05. The van der Waals surface area contributed by atoms with Crippen LogP contribution in [0.25, 0.3) is 0 Å². The van der Waals surface area contributed by atoms with Crippen molar-refractivity contribution in [2.45, 2.75) is 25.3 Å². The number of para-hydroxylation sites is 1. The summed E-state index contributed by atoms with van der Waals surface area (Å²) in [7, 11) is 0. The SMILES string of the molecule is NC(CCOc1c(Cl)cccc1Cl)C1CC1. The third-order valence-corrected chi connectivity index (χ3v) is 3.44. The van der Waals surface area contributed by atoms with Crippen molar-refractivity contribution in [3.8, 4) is 5.75 Å². The van der Waals surface area contributed by atoms with E-state index in [2.05, 4.69) is 0 Å². The van der Waals surface area contributed by atoms with E-state index < -0.39 is 0 Å². The Kier molecular flexibility index (Phi) is 3.95. The smallest absolute Gasteiger partial charge is 0.156 e. The maximum atomic E-state index is 5.98. The summed E-state index contributed by atoms with van der Waals surface area (Å²) in [5.74, 6) is 1.26. The second kappa shape index (κ2) is 5.26. The average molecular weight is 260 g/mol. The Morgan fingerprint density at radius 2 is 1.94 bits per heavy atom. The van der Waals surface area contributed by atoms with Crippen molar-refractivity contribution >= 4 is 23.2 Å². The van der Waals surface area contributed by atoms with E-state index in [1.165, 1.54) is 12.8 Å². The summed E-state index contributed by atoms with van der Waals surface area (Å²) < 4.78 is 5.57. The zero-order valence-corrected chi connectivity index (χ0v) is 10.5. The number of ether oxygens (including phenoxy) is 1. The van der Waals surface area contributed by atoms with E-state index in [9.17, 15) is 0 Å². The Hall–Kier alpha value is -0.440. The molecule has 16 heavy (non-hydrogen) atoms. The zero-order chi connectivity index (χ0) is 11.5. The van der Waals surface area contributed by atoms with Crippen LogP contribution in [0, 0.1) is 5.92 Å². The maximum absolute atomic E-state index is 5.98. The summed E-state index contributed by atoms with van der Waals surface area (Å²) in [6.45, 7) is 0.571. The Bertz CT molecular complexity index is 346. The van der Waals surface area contributed by atoms with Gasteiger partial charge in [0.1, 0.15) is 0 Å². The zero-order valence-electron chi connectivity index (χ0n) is 8.96. The van der Waals surface area contributed by atoms with E-state index in [0.29, 0.717) is 28.3 Å². The number of nitrogens with two attached hydrogens (primary N) is 1. The number of benzene rings is 1. The molecule has 88 valence electrons. The van der Waals surface area contributed by atoms with E-state index in [4.69, 9.17) is 33.7 Å². The van der Waals surface area contributed by atoms with Crippen molar-refractivity contribution in [2.24, 2.45) is 11.7 Å². The lowest BCUT2D eigenvalue weighted by atomic mass is 10.1. The van der Waals surface area contributed by atoms with Gasteiger partial charge in [-0.25, -0.2) is 0 Å². The van der Waals surface area contributed by atoms with Crippen LogP contribution in [0.15, 0.2) is 18.2 Å². The molecule has 4 heteroatoms. The lowest BCUT2D eigenvalue weighted by Gasteiger charge is -2.13. The fourth-order valence-electron chi connectivity index (χ4n) is 1.68. The first-order valence-electron chi connectivity index (χ1n) is 5.51. The number of hydrogen-bond donors (Lipinski definition) is 1. The second-order valence-electron chi connectivity index (χ2n) is 4.19. The van der Waals surface area contributed by atoms with Gasteiger partial charge in [0.05, 0.1) is 16.7 Å². The quantitative estimate of drug-likeness (QED) is 0.879. The summed E-state index contributed by atoms with van der Waals surface area (Å²) in [4.78, 5) is 0. The van der Waals surface area contributed by atoms with Gasteiger partial charge in [0.25, 0.3) is 0 Å². The van der Waals surface area contributed by atoms with Gasteiger partial charge in [0.15, 0.2) is 5.75 Å². The highest BCUT2D eigenvalue weighted by atomic mass is 35.5. The molecule has 0 radical (unpaired) electrons. The summed E-state index contributed by atoms with van der Waals surface area (Å²) >= 11 is 12.0. The van der Waals surface area contributed by atoms with Gasteiger partial charge >= 0.3 is 0 Å².